The molecule has 0 aliphatic carbocycles. The molecule has 4 rings (SSSR count). The van der Waals surface area contributed by atoms with Gasteiger partial charge in [-0.05, 0) is 42.3 Å². The Morgan fingerprint density at radius 2 is 1.67 bits per heavy atom. The summed E-state index contributed by atoms with van der Waals surface area (Å²) >= 11 is 0. The van der Waals surface area contributed by atoms with Gasteiger partial charge in [0.05, 0.1) is 0 Å². The molecular formula is C22H19N2+. The first-order valence-electron chi connectivity index (χ1n) is 8.13. The molecule has 0 N–H and O–H groups in total. The standard InChI is InChI=1S/C22H19N2/c1-16-6-3-4-8-20(16)21-12-11-17-9-10-18(14-22(17)24(21)2)19-7-5-13-23-15-19/h3-15H,1-2H3/q+1. The predicted octanol–water partition coefficient (Wildman–Crippen LogP) is 4.70. The van der Waals surface area contributed by atoms with Crippen LogP contribution in [0.2, 0.25) is 0 Å². The number of hydrogen-bond donors (Lipinski definition) is 0. The van der Waals surface area contributed by atoms with Crippen LogP contribution >= 0.6 is 0 Å². The highest BCUT2D eigenvalue weighted by Gasteiger charge is 2.16. The zero-order valence-corrected chi connectivity index (χ0v) is 13.9. The van der Waals surface area contributed by atoms with E-state index in [-0.39, 0.29) is 0 Å². The molecule has 2 aromatic heterocycles. The summed E-state index contributed by atoms with van der Waals surface area (Å²) in [7, 11) is 2.14. The van der Waals surface area contributed by atoms with E-state index in [0.717, 1.165) is 5.56 Å². The Morgan fingerprint density at radius 3 is 2.46 bits per heavy atom. The fraction of sp³-hybridized carbons (Fsp3) is 0.0909. The van der Waals surface area contributed by atoms with Gasteiger partial charge in [0.25, 0.3) is 0 Å². The van der Waals surface area contributed by atoms with Crippen molar-refractivity contribution >= 4 is 10.9 Å². The monoisotopic (exact) mass is 311 g/mol. The molecule has 0 saturated heterocycles. The van der Waals surface area contributed by atoms with Crippen LogP contribution in [-0.4, -0.2) is 4.98 Å². The van der Waals surface area contributed by atoms with Gasteiger partial charge in [0.2, 0.25) is 11.2 Å². The van der Waals surface area contributed by atoms with E-state index < -0.39 is 0 Å². The molecule has 116 valence electrons. The first-order chi connectivity index (χ1) is 11.7. The summed E-state index contributed by atoms with van der Waals surface area (Å²) < 4.78 is 2.28. The normalized spacial score (nSPS) is 10.9. The summed E-state index contributed by atoms with van der Waals surface area (Å²) in [4.78, 5) is 4.23. The molecule has 0 radical (unpaired) electrons. The molecule has 0 saturated carbocycles. The second kappa shape index (κ2) is 5.89. The Labute approximate surface area is 142 Å². The lowest BCUT2D eigenvalue weighted by atomic mass is 10.0. The molecule has 0 spiro atoms. The first kappa shape index (κ1) is 14.6. The minimum atomic E-state index is 1.14. The zero-order chi connectivity index (χ0) is 16.5. The highest BCUT2D eigenvalue weighted by atomic mass is 14.9. The van der Waals surface area contributed by atoms with Crippen molar-refractivity contribution in [2.24, 2.45) is 7.05 Å². The van der Waals surface area contributed by atoms with E-state index >= 15 is 0 Å². The van der Waals surface area contributed by atoms with Crippen LogP contribution in [0.1, 0.15) is 5.56 Å². The smallest absolute Gasteiger partial charge is 0.213 e. The van der Waals surface area contributed by atoms with Gasteiger partial charge >= 0.3 is 0 Å². The number of aryl methyl sites for hydroxylation is 2. The molecule has 24 heavy (non-hydrogen) atoms. The molecule has 2 nitrogen and oxygen atoms in total. The number of nitrogens with zero attached hydrogens (tertiary/aromatic N) is 2. The van der Waals surface area contributed by atoms with E-state index in [1.165, 1.54) is 33.3 Å². The van der Waals surface area contributed by atoms with E-state index in [2.05, 4.69) is 84.2 Å². The Kier molecular flexibility index (Phi) is 3.58. The quantitative estimate of drug-likeness (QED) is 0.490. The molecule has 2 heterocycles. The highest BCUT2D eigenvalue weighted by Crippen LogP contribution is 2.25. The number of rotatable bonds is 2. The molecule has 0 aliphatic rings. The molecular weight excluding hydrogens is 292 g/mol. The van der Waals surface area contributed by atoms with Gasteiger partial charge in [0.15, 0.2) is 0 Å². The first-order valence-corrected chi connectivity index (χ1v) is 8.13. The number of benzene rings is 2. The topological polar surface area (TPSA) is 16.8 Å². The van der Waals surface area contributed by atoms with Gasteiger partial charge in [-0.15, -0.1) is 0 Å². The maximum atomic E-state index is 4.23. The second-order valence-corrected chi connectivity index (χ2v) is 6.11. The van der Waals surface area contributed by atoms with E-state index in [0.29, 0.717) is 0 Å². The third kappa shape index (κ3) is 2.46. The molecule has 0 amide bonds. The van der Waals surface area contributed by atoms with Gasteiger partial charge in [-0.1, -0.05) is 30.3 Å². The molecule has 0 fully saturated rings. The van der Waals surface area contributed by atoms with Gasteiger partial charge in [0.1, 0.15) is 7.05 Å². The summed E-state index contributed by atoms with van der Waals surface area (Å²) in [5.74, 6) is 0. The third-order valence-electron chi connectivity index (χ3n) is 4.59. The van der Waals surface area contributed by atoms with Gasteiger partial charge in [0, 0.05) is 41.0 Å². The zero-order valence-electron chi connectivity index (χ0n) is 13.9. The Hall–Kier alpha value is -3.00. The predicted molar refractivity (Wildman–Crippen MR) is 98.5 cm³/mol. The van der Waals surface area contributed by atoms with Gasteiger partial charge in [-0.25, -0.2) is 0 Å². The fourth-order valence-corrected chi connectivity index (χ4v) is 3.23. The Bertz CT molecular complexity index is 1020. The Balaban J connectivity index is 1.93. The van der Waals surface area contributed by atoms with Crippen LogP contribution in [0.15, 0.2) is 79.1 Å². The van der Waals surface area contributed by atoms with Crippen molar-refractivity contribution in [3.05, 3.63) is 84.7 Å². The third-order valence-corrected chi connectivity index (χ3v) is 4.59. The summed E-state index contributed by atoms with van der Waals surface area (Å²) in [6.45, 7) is 2.16. The average molecular weight is 311 g/mol. The fourth-order valence-electron chi connectivity index (χ4n) is 3.23. The number of fused-ring (bicyclic) bond motifs is 1. The molecule has 0 aliphatic heterocycles. The van der Waals surface area contributed by atoms with Crippen LogP contribution in [0.25, 0.3) is 33.3 Å². The molecule has 0 unspecified atom stereocenters. The van der Waals surface area contributed by atoms with E-state index in [1.807, 2.05) is 12.3 Å². The maximum Gasteiger partial charge on any atom is 0.213 e. The van der Waals surface area contributed by atoms with Crippen molar-refractivity contribution in [1.29, 1.82) is 0 Å². The second-order valence-electron chi connectivity index (χ2n) is 6.11. The maximum absolute atomic E-state index is 4.23. The lowest BCUT2D eigenvalue weighted by molar-refractivity contribution is -0.633. The SMILES string of the molecule is Cc1ccccc1-c1ccc2ccc(-c3cccnc3)cc2[n+]1C. The van der Waals surface area contributed by atoms with E-state index in [4.69, 9.17) is 0 Å². The van der Waals surface area contributed by atoms with Crippen molar-refractivity contribution in [3.8, 4) is 22.4 Å². The van der Waals surface area contributed by atoms with Crippen LogP contribution < -0.4 is 4.57 Å². The van der Waals surface area contributed by atoms with E-state index in [1.54, 1.807) is 6.20 Å². The van der Waals surface area contributed by atoms with Crippen LogP contribution in [0.5, 0.6) is 0 Å². The average Bonchev–Trinajstić information content (AvgIpc) is 2.63. The molecule has 2 heteroatoms. The van der Waals surface area contributed by atoms with Crippen molar-refractivity contribution in [2.75, 3.05) is 0 Å². The lowest BCUT2D eigenvalue weighted by Gasteiger charge is -2.07. The minimum absolute atomic E-state index is 1.14. The molecule has 2 aromatic carbocycles. The summed E-state index contributed by atoms with van der Waals surface area (Å²) in [5, 5.41) is 1.24. The minimum Gasteiger partial charge on any atom is -0.264 e. The molecule has 0 bridgehead atoms. The van der Waals surface area contributed by atoms with Crippen molar-refractivity contribution in [1.82, 2.24) is 4.98 Å². The highest BCUT2D eigenvalue weighted by molar-refractivity contribution is 5.83. The number of aromatic nitrogens is 2. The van der Waals surface area contributed by atoms with Gasteiger partial charge < -0.3 is 0 Å². The Morgan fingerprint density at radius 1 is 0.833 bits per heavy atom. The summed E-state index contributed by atoms with van der Waals surface area (Å²) in [5.41, 5.74) is 7.33. The van der Waals surface area contributed by atoms with Crippen molar-refractivity contribution in [3.63, 3.8) is 0 Å². The summed E-state index contributed by atoms with van der Waals surface area (Å²) in [6.07, 6.45) is 3.72. The van der Waals surface area contributed by atoms with Crippen LogP contribution in [0, 0.1) is 6.92 Å². The van der Waals surface area contributed by atoms with Gasteiger partial charge in [-0.3, -0.25) is 4.98 Å². The van der Waals surface area contributed by atoms with Gasteiger partial charge in [-0.2, -0.15) is 4.57 Å². The van der Waals surface area contributed by atoms with Crippen molar-refractivity contribution < 1.29 is 4.57 Å². The number of pyridine rings is 2. The number of hydrogen-bond acceptors (Lipinski definition) is 1. The van der Waals surface area contributed by atoms with Crippen molar-refractivity contribution in [2.45, 2.75) is 6.92 Å². The lowest BCUT2D eigenvalue weighted by Crippen LogP contribution is -2.32. The molecule has 4 aromatic rings. The molecule has 0 atom stereocenters. The summed E-state index contributed by atoms with van der Waals surface area (Å²) in [6, 6.07) is 23.6. The van der Waals surface area contributed by atoms with Crippen LogP contribution in [0.3, 0.4) is 0 Å². The van der Waals surface area contributed by atoms with E-state index in [9.17, 15) is 0 Å². The van der Waals surface area contributed by atoms with Crippen LogP contribution in [-0.2, 0) is 7.05 Å². The van der Waals surface area contributed by atoms with Crippen LogP contribution in [0.4, 0.5) is 0 Å². The largest absolute Gasteiger partial charge is 0.264 e.